The summed E-state index contributed by atoms with van der Waals surface area (Å²) in [4.78, 5) is 0.421. The third-order valence-electron chi connectivity index (χ3n) is 1.62. The molecule has 0 amide bonds. The lowest BCUT2D eigenvalue weighted by Crippen LogP contribution is -2.08. The lowest BCUT2D eigenvalue weighted by atomic mass is 10.1. The molecule has 0 saturated heterocycles. The first-order chi connectivity index (χ1) is 6.74. The van der Waals surface area contributed by atoms with Gasteiger partial charge in [-0.1, -0.05) is 52.1 Å². The Morgan fingerprint density at radius 3 is 2.50 bits per heavy atom. The Balaban J connectivity index is 2.75. The summed E-state index contributed by atoms with van der Waals surface area (Å²) in [7, 11) is 0. The van der Waals surface area contributed by atoms with Crippen molar-refractivity contribution < 1.29 is 0 Å². The van der Waals surface area contributed by atoms with Crippen LogP contribution in [0.5, 0.6) is 0 Å². The van der Waals surface area contributed by atoms with Crippen LogP contribution in [0, 0.1) is 11.8 Å². The number of thiocarbonyl (C=S) groups is 1. The molecule has 0 spiro atoms. The van der Waals surface area contributed by atoms with Crippen LogP contribution in [-0.4, -0.2) is 10.3 Å². The molecule has 1 aromatic carbocycles. The van der Waals surface area contributed by atoms with Gasteiger partial charge in [-0.05, 0) is 12.1 Å². The van der Waals surface area contributed by atoms with Gasteiger partial charge in [-0.25, -0.2) is 0 Å². The van der Waals surface area contributed by atoms with Crippen LogP contribution in [0.3, 0.4) is 0 Å². The van der Waals surface area contributed by atoms with E-state index in [9.17, 15) is 0 Å². The average molecular weight is 268 g/mol. The van der Waals surface area contributed by atoms with Crippen LogP contribution in [0.25, 0.3) is 0 Å². The van der Waals surface area contributed by atoms with E-state index in [1.807, 2.05) is 24.3 Å². The first kappa shape index (κ1) is 11.2. The summed E-state index contributed by atoms with van der Waals surface area (Å²) in [5.41, 5.74) is 7.35. The van der Waals surface area contributed by atoms with Crippen molar-refractivity contribution in [3.05, 3.63) is 35.4 Å². The number of rotatable bonds is 2. The van der Waals surface area contributed by atoms with Crippen LogP contribution >= 0.6 is 28.1 Å². The lowest BCUT2D eigenvalue weighted by molar-refractivity contribution is 1.32. The highest BCUT2D eigenvalue weighted by atomic mass is 79.9. The van der Waals surface area contributed by atoms with Crippen molar-refractivity contribution in [1.29, 1.82) is 0 Å². The molecule has 72 valence electrons. The van der Waals surface area contributed by atoms with Crippen molar-refractivity contribution in [2.75, 3.05) is 5.33 Å². The van der Waals surface area contributed by atoms with E-state index >= 15 is 0 Å². The molecule has 0 aliphatic rings. The van der Waals surface area contributed by atoms with E-state index in [0.29, 0.717) is 4.99 Å². The fraction of sp³-hybridized carbons (Fsp3) is 0.182. The molecule has 1 aromatic rings. The van der Waals surface area contributed by atoms with Crippen molar-refractivity contribution in [1.82, 2.24) is 0 Å². The third-order valence-corrected chi connectivity index (χ3v) is 2.25. The second-order valence-electron chi connectivity index (χ2n) is 2.68. The average Bonchev–Trinajstić information content (AvgIpc) is 2.19. The van der Waals surface area contributed by atoms with Crippen LogP contribution in [0.4, 0.5) is 0 Å². The minimum Gasteiger partial charge on any atom is -0.389 e. The van der Waals surface area contributed by atoms with E-state index in [0.717, 1.165) is 22.9 Å². The first-order valence-corrected chi connectivity index (χ1v) is 5.71. The van der Waals surface area contributed by atoms with Crippen LogP contribution < -0.4 is 5.73 Å². The molecule has 0 unspecified atom stereocenters. The van der Waals surface area contributed by atoms with Crippen molar-refractivity contribution >= 4 is 33.1 Å². The molecule has 1 rings (SSSR count). The molecule has 0 aliphatic heterocycles. The van der Waals surface area contributed by atoms with Crippen molar-refractivity contribution in [3.63, 3.8) is 0 Å². The topological polar surface area (TPSA) is 26.0 Å². The van der Waals surface area contributed by atoms with Gasteiger partial charge in [-0.2, -0.15) is 0 Å². The Morgan fingerprint density at radius 2 is 2.00 bits per heavy atom. The Morgan fingerprint density at radius 1 is 1.36 bits per heavy atom. The maximum absolute atomic E-state index is 5.47. The Hall–Kier alpha value is -0.850. The fourth-order valence-corrected chi connectivity index (χ4v) is 1.26. The van der Waals surface area contributed by atoms with E-state index < -0.39 is 0 Å². The van der Waals surface area contributed by atoms with E-state index in [4.69, 9.17) is 18.0 Å². The van der Waals surface area contributed by atoms with Crippen molar-refractivity contribution in [3.8, 4) is 11.8 Å². The molecule has 0 bridgehead atoms. The predicted octanol–water partition coefficient (Wildman–Crippen LogP) is 2.46. The number of alkyl halides is 1. The molecule has 0 heterocycles. The Bertz CT molecular complexity index is 373. The van der Waals surface area contributed by atoms with Gasteiger partial charge in [0.2, 0.25) is 0 Å². The summed E-state index contributed by atoms with van der Waals surface area (Å²) in [6, 6.07) is 7.63. The van der Waals surface area contributed by atoms with Gasteiger partial charge in [0.05, 0.1) is 0 Å². The number of hydrogen-bond donors (Lipinski definition) is 1. The maximum atomic E-state index is 5.47. The van der Waals surface area contributed by atoms with Gasteiger partial charge in [-0.15, -0.1) is 0 Å². The van der Waals surface area contributed by atoms with Crippen LogP contribution in [0.2, 0.25) is 0 Å². The monoisotopic (exact) mass is 267 g/mol. The zero-order chi connectivity index (χ0) is 10.4. The molecule has 0 radical (unpaired) electrons. The van der Waals surface area contributed by atoms with Gasteiger partial charge in [0.1, 0.15) is 4.99 Å². The minimum atomic E-state index is 0.421. The molecular weight excluding hydrogens is 258 g/mol. The second kappa shape index (κ2) is 5.79. The van der Waals surface area contributed by atoms with Gasteiger partial charge >= 0.3 is 0 Å². The summed E-state index contributed by atoms with van der Waals surface area (Å²) < 4.78 is 0. The van der Waals surface area contributed by atoms with E-state index in [1.165, 1.54) is 0 Å². The zero-order valence-electron chi connectivity index (χ0n) is 7.59. The van der Waals surface area contributed by atoms with Crippen molar-refractivity contribution in [2.45, 2.75) is 6.42 Å². The molecule has 0 aromatic heterocycles. The number of benzene rings is 1. The fourth-order valence-electron chi connectivity index (χ4n) is 0.930. The Kier molecular flexibility index (Phi) is 4.64. The summed E-state index contributed by atoms with van der Waals surface area (Å²) in [5.74, 6) is 6.09. The van der Waals surface area contributed by atoms with Crippen LogP contribution in [0.15, 0.2) is 24.3 Å². The molecule has 14 heavy (non-hydrogen) atoms. The normalized spacial score (nSPS) is 8.93. The first-order valence-electron chi connectivity index (χ1n) is 4.18. The number of hydrogen-bond acceptors (Lipinski definition) is 1. The van der Waals surface area contributed by atoms with Crippen molar-refractivity contribution in [2.24, 2.45) is 5.73 Å². The highest BCUT2D eigenvalue weighted by Crippen LogP contribution is 2.03. The second-order valence-corrected chi connectivity index (χ2v) is 3.92. The standard InChI is InChI=1S/C11H10BrNS/c12-8-2-1-3-9-4-6-10(7-5-9)11(13)14/h4-7H,2,8H2,(H2,13,14). The lowest BCUT2D eigenvalue weighted by Gasteiger charge is -1.96. The Labute approximate surface area is 97.8 Å². The molecular formula is C11H10BrNS. The van der Waals surface area contributed by atoms with Gasteiger partial charge in [0.15, 0.2) is 0 Å². The van der Waals surface area contributed by atoms with Crippen LogP contribution in [0.1, 0.15) is 17.5 Å². The molecule has 1 nitrogen and oxygen atoms in total. The largest absolute Gasteiger partial charge is 0.389 e. The number of nitrogens with two attached hydrogens (primary N) is 1. The number of halogens is 1. The summed E-state index contributed by atoms with van der Waals surface area (Å²) in [6.45, 7) is 0. The summed E-state index contributed by atoms with van der Waals surface area (Å²) in [6.07, 6.45) is 0.858. The van der Waals surface area contributed by atoms with Gasteiger partial charge in [0.25, 0.3) is 0 Å². The SMILES string of the molecule is NC(=S)c1ccc(C#CCCBr)cc1. The molecule has 0 atom stereocenters. The zero-order valence-corrected chi connectivity index (χ0v) is 9.99. The molecule has 2 N–H and O–H groups in total. The minimum absolute atomic E-state index is 0.421. The highest BCUT2D eigenvalue weighted by Gasteiger charge is 1.93. The third kappa shape index (κ3) is 3.49. The summed E-state index contributed by atoms with van der Waals surface area (Å²) in [5, 5.41) is 0.908. The van der Waals surface area contributed by atoms with E-state index in [-0.39, 0.29) is 0 Å². The van der Waals surface area contributed by atoms with Crippen LogP contribution in [-0.2, 0) is 0 Å². The molecule has 0 fully saturated rings. The quantitative estimate of drug-likeness (QED) is 0.506. The molecule has 3 heteroatoms. The van der Waals surface area contributed by atoms with E-state index in [2.05, 4.69) is 27.8 Å². The smallest absolute Gasteiger partial charge is 0.103 e. The highest BCUT2D eigenvalue weighted by molar-refractivity contribution is 9.09. The van der Waals surface area contributed by atoms with Gasteiger partial charge in [-0.3, -0.25) is 0 Å². The maximum Gasteiger partial charge on any atom is 0.103 e. The predicted molar refractivity (Wildman–Crippen MR) is 67.6 cm³/mol. The van der Waals surface area contributed by atoms with Gasteiger partial charge in [0, 0.05) is 22.9 Å². The molecule has 0 aliphatic carbocycles. The van der Waals surface area contributed by atoms with E-state index in [1.54, 1.807) is 0 Å². The summed E-state index contributed by atoms with van der Waals surface area (Å²) >= 11 is 8.16. The molecule has 0 saturated carbocycles. The van der Waals surface area contributed by atoms with Gasteiger partial charge < -0.3 is 5.73 Å².